The number of para-hydroxylation sites is 2. The van der Waals surface area contributed by atoms with Gasteiger partial charge in [-0.1, -0.05) is 84.9 Å². The average molecular weight is 731 g/mol. The Morgan fingerprint density at radius 1 is 0.226 bits per heavy atom. The van der Waals surface area contributed by atoms with Crippen molar-refractivity contribution in [2.45, 2.75) is 0 Å². The molecule has 2 nitrogen and oxygen atoms in total. The van der Waals surface area contributed by atoms with Crippen molar-refractivity contribution >= 4 is 129 Å². The Balaban J connectivity index is 1.08. The summed E-state index contributed by atoms with van der Waals surface area (Å²) >= 11 is 5.60. The number of hydrogen-bond acceptors (Lipinski definition) is 5. The molecule has 11 aromatic rings. The summed E-state index contributed by atoms with van der Waals surface area (Å²) in [5.74, 6) is 0. The SMILES string of the molecule is c1ccc(N(c2ccccc2)c2ccc3sc4cc(N(c5ccc6c(c5)sc5ccccc56)c5ccc6sc7ccccc7c6c5)ccc4c3c2)cc1. The fraction of sp³-hybridized carbons (Fsp3) is 0. The van der Waals surface area contributed by atoms with Crippen LogP contribution in [0.25, 0.3) is 60.5 Å². The zero-order valence-corrected chi connectivity index (χ0v) is 30.9. The summed E-state index contributed by atoms with van der Waals surface area (Å²) in [6.07, 6.45) is 0. The fourth-order valence-electron chi connectivity index (χ4n) is 7.79. The van der Waals surface area contributed by atoms with Gasteiger partial charge in [-0.2, -0.15) is 0 Å². The standard InChI is InChI=1S/C48H30N2S3/c1-3-11-31(12-4-1)49(32-13-5-2-6-14-32)33-21-26-46-42(27-33)40-24-20-36(30-48(40)53-46)50(34-22-25-45-41(28-34)38-16-8-10-18-44(38)51-45)35-19-23-39-37-15-7-9-17-43(37)52-47(39)29-35/h1-30H. The summed E-state index contributed by atoms with van der Waals surface area (Å²) in [7, 11) is 0. The topological polar surface area (TPSA) is 6.48 Å². The summed E-state index contributed by atoms with van der Waals surface area (Å²) < 4.78 is 7.81. The third kappa shape index (κ3) is 5.12. The number of anilines is 6. The zero-order chi connectivity index (χ0) is 34.9. The highest BCUT2D eigenvalue weighted by molar-refractivity contribution is 7.26. The maximum absolute atomic E-state index is 2.44. The number of rotatable bonds is 6. The quantitative estimate of drug-likeness (QED) is 0.168. The molecule has 250 valence electrons. The van der Waals surface area contributed by atoms with Gasteiger partial charge < -0.3 is 9.80 Å². The van der Waals surface area contributed by atoms with E-state index in [0.717, 1.165) is 34.1 Å². The molecule has 0 N–H and O–H groups in total. The third-order valence-electron chi connectivity index (χ3n) is 10.2. The van der Waals surface area contributed by atoms with Crippen LogP contribution in [0.3, 0.4) is 0 Å². The van der Waals surface area contributed by atoms with Crippen molar-refractivity contribution in [2.24, 2.45) is 0 Å². The minimum absolute atomic E-state index is 1.14. The number of fused-ring (bicyclic) bond motifs is 9. The third-order valence-corrected chi connectivity index (χ3v) is 13.6. The van der Waals surface area contributed by atoms with Gasteiger partial charge in [0.05, 0.1) is 0 Å². The Hall–Kier alpha value is -5.98. The van der Waals surface area contributed by atoms with Gasteiger partial charge in [0, 0.05) is 94.6 Å². The monoisotopic (exact) mass is 730 g/mol. The summed E-state index contributed by atoms with van der Waals surface area (Å²) in [5, 5.41) is 7.79. The van der Waals surface area contributed by atoms with Gasteiger partial charge in [0.25, 0.3) is 0 Å². The van der Waals surface area contributed by atoms with Gasteiger partial charge in [0.15, 0.2) is 0 Å². The molecule has 0 fully saturated rings. The first-order chi connectivity index (χ1) is 26.2. The van der Waals surface area contributed by atoms with E-state index in [2.05, 4.69) is 192 Å². The second-order valence-electron chi connectivity index (χ2n) is 13.4. The number of hydrogen-bond donors (Lipinski definition) is 0. The van der Waals surface area contributed by atoms with Gasteiger partial charge in [-0.15, -0.1) is 34.0 Å². The predicted octanol–water partition coefficient (Wildman–Crippen LogP) is 15.7. The van der Waals surface area contributed by atoms with Crippen molar-refractivity contribution in [2.75, 3.05) is 9.80 Å². The highest BCUT2D eigenvalue weighted by Crippen LogP contribution is 2.46. The van der Waals surface area contributed by atoms with Crippen LogP contribution >= 0.6 is 34.0 Å². The van der Waals surface area contributed by atoms with Crippen LogP contribution in [0.15, 0.2) is 182 Å². The Bertz CT molecular complexity index is 3100. The normalized spacial score (nSPS) is 11.8. The van der Waals surface area contributed by atoms with E-state index in [1.54, 1.807) is 0 Å². The van der Waals surface area contributed by atoms with Crippen LogP contribution in [0, 0.1) is 0 Å². The second kappa shape index (κ2) is 12.3. The maximum Gasteiger partial charge on any atom is 0.0476 e. The molecule has 0 aliphatic carbocycles. The van der Waals surface area contributed by atoms with E-state index in [0.29, 0.717) is 0 Å². The van der Waals surface area contributed by atoms with Gasteiger partial charge in [0.1, 0.15) is 0 Å². The van der Waals surface area contributed by atoms with E-state index in [-0.39, 0.29) is 0 Å². The van der Waals surface area contributed by atoms with Crippen LogP contribution in [0.5, 0.6) is 0 Å². The first-order valence-corrected chi connectivity index (χ1v) is 20.2. The maximum atomic E-state index is 2.44. The first kappa shape index (κ1) is 30.6. The molecular weight excluding hydrogens is 701 g/mol. The highest BCUT2D eigenvalue weighted by Gasteiger charge is 2.19. The minimum atomic E-state index is 1.14. The van der Waals surface area contributed by atoms with Crippen LogP contribution in [0.2, 0.25) is 0 Å². The molecular formula is C48H30N2S3. The molecule has 0 amide bonds. The molecule has 0 spiro atoms. The summed E-state index contributed by atoms with van der Waals surface area (Å²) in [6, 6.07) is 66.6. The van der Waals surface area contributed by atoms with Crippen molar-refractivity contribution in [3.63, 3.8) is 0 Å². The van der Waals surface area contributed by atoms with Gasteiger partial charge in [0.2, 0.25) is 0 Å². The van der Waals surface area contributed by atoms with Crippen LogP contribution in [-0.4, -0.2) is 0 Å². The van der Waals surface area contributed by atoms with Crippen LogP contribution in [0.4, 0.5) is 34.1 Å². The molecule has 0 saturated carbocycles. The van der Waals surface area contributed by atoms with Gasteiger partial charge >= 0.3 is 0 Å². The molecule has 8 aromatic carbocycles. The van der Waals surface area contributed by atoms with E-state index >= 15 is 0 Å². The molecule has 0 saturated heterocycles. The van der Waals surface area contributed by atoms with E-state index < -0.39 is 0 Å². The van der Waals surface area contributed by atoms with Crippen molar-refractivity contribution in [1.82, 2.24) is 0 Å². The largest absolute Gasteiger partial charge is 0.310 e. The Labute approximate surface area is 318 Å². The Morgan fingerprint density at radius 3 is 1.09 bits per heavy atom. The lowest BCUT2D eigenvalue weighted by atomic mass is 10.1. The van der Waals surface area contributed by atoms with E-state index in [9.17, 15) is 0 Å². The van der Waals surface area contributed by atoms with E-state index in [1.807, 2.05) is 34.0 Å². The van der Waals surface area contributed by atoms with Crippen LogP contribution in [-0.2, 0) is 0 Å². The highest BCUT2D eigenvalue weighted by atomic mass is 32.1. The molecule has 0 aliphatic heterocycles. The molecule has 53 heavy (non-hydrogen) atoms. The molecule has 0 bridgehead atoms. The second-order valence-corrected chi connectivity index (χ2v) is 16.6. The molecule has 0 atom stereocenters. The zero-order valence-electron chi connectivity index (χ0n) is 28.4. The minimum Gasteiger partial charge on any atom is -0.310 e. The molecule has 5 heteroatoms. The lowest BCUT2D eigenvalue weighted by molar-refractivity contribution is 1.29. The Morgan fingerprint density at radius 2 is 0.566 bits per heavy atom. The fourth-order valence-corrected chi connectivity index (χ4v) is 11.1. The van der Waals surface area contributed by atoms with Gasteiger partial charge in [-0.05, 0) is 97.1 Å². The lowest BCUT2D eigenvalue weighted by Crippen LogP contribution is -2.09. The number of thiophene rings is 3. The molecule has 3 heterocycles. The first-order valence-electron chi connectivity index (χ1n) is 17.7. The molecule has 11 rings (SSSR count). The van der Waals surface area contributed by atoms with Gasteiger partial charge in [-0.3, -0.25) is 0 Å². The summed E-state index contributed by atoms with van der Waals surface area (Å²) in [6.45, 7) is 0. The molecule has 3 aromatic heterocycles. The molecule has 0 radical (unpaired) electrons. The van der Waals surface area contributed by atoms with Crippen molar-refractivity contribution in [3.8, 4) is 0 Å². The van der Waals surface area contributed by atoms with E-state index in [4.69, 9.17) is 0 Å². The summed E-state index contributed by atoms with van der Waals surface area (Å²) in [4.78, 5) is 4.78. The van der Waals surface area contributed by atoms with Gasteiger partial charge in [-0.25, -0.2) is 0 Å². The van der Waals surface area contributed by atoms with Crippen molar-refractivity contribution in [3.05, 3.63) is 182 Å². The number of benzene rings is 8. The van der Waals surface area contributed by atoms with Crippen molar-refractivity contribution in [1.29, 1.82) is 0 Å². The van der Waals surface area contributed by atoms with Crippen LogP contribution < -0.4 is 9.80 Å². The van der Waals surface area contributed by atoms with Crippen molar-refractivity contribution < 1.29 is 0 Å². The van der Waals surface area contributed by atoms with E-state index in [1.165, 1.54) is 60.5 Å². The number of nitrogens with zero attached hydrogens (tertiary/aromatic N) is 2. The lowest BCUT2D eigenvalue weighted by Gasteiger charge is -2.26. The Kier molecular flexibility index (Phi) is 7.12. The average Bonchev–Trinajstić information content (AvgIpc) is 3.89. The predicted molar refractivity (Wildman–Crippen MR) is 234 cm³/mol. The molecule has 0 aliphatic rings. The smallest absolute Gasteiger partial charge is 0.0476 e. The summed E-state index contributed by atoms with van der Waals surface area (Å²) in [5.41, 5.74) is 6.90. The van der Waals surface area contributed by atoms with Crippen LogP contribution in [0.1, 0.15) is 0 Å². The molecule has 0 unspecified atom stereocenters.